The molecule has 0 spiro atoms. The number of nitrogens with one attached hydrogen (secondary N) is 1. The van der Waals surface area contributed by atoms with Crippen LogP contribution in [0.4, 0.5) is 0 Å². The molecule has 4 nitrogen and oxygen atoms in total. The number of nitroso groups, excluding NO2 is 1. The Morgan fingerprint density at radius 3 is 2.30 bits per heavy atom. The summed E-state index contributed by atoms with van der Waals surface area (Å²) >= 11 is 0. The summed E-state index contributed by atoms with van der Waals surface area (Å²) in [4.78, 5) is 10.3. The second kappa shape index (κ2) is 2.20. The Morgan fingerprint density at radius 2 is 1.90 bits per heavy atom. The average molecular weight is 141 g/mol. The molecule has 2 aliphatic heterocycles. The molecule has 0 radical (unpaired) electrons. The second-order valence-corrected chi connectivity index (χ2v) is 3.00. The van der Waals surface area contributed by atoms with E-state index < -0.39 is 0 Å². The Balaban J connectivity index is 2.13. The molecule has 0 saturated carbocycles. The summed E-state index contributed by atoms with van der Waals surface area (Å²) < 4.78 is 0. The van der Waals surface area contributed by atoms with Crippen LogP contribution in [-0.2, 0) is 0 Å². The lowest BCUT2D eigenvalue weighted by Crippen LogP contribution is -2.48. The molecule has 0 aromatic carbocycles. The molecule has 1 N–H and O–H groups in total. The fraction of sp³-hybridized carbons (Fsp3) is 1.00. The van der Waals surface area contributed by atoms with E-state index in [1.54, 1.807) is 5.01 Å². The summed E-state index contributed by atoms with van der Waals surface area (Å²) in [5, 5.41) is 8.00. The van der Waals surface area contributed by atoms with Crippen LogP contribution < -0.4 is 5.32 Å². The lowest BCUT2D eigenvalue weighted by Gasteiger charge is -2.29. The van der Waals surface area contributed by atoms with Crippen molar-refractivity contribution in [3.05, 3.63) is 4.91 Å². The lowest BCUT2D eigenvalue weighted by atomic mass is 10.2. The van der Waals surface area contributed by atoms with Crippen molar-refractivity contribution in [3.8, 4) is 0 Å². The molecule has 0 aromatic rings. The van der Waals surface area contributed by atoms with E-state index in [2.05, 4.69) is 10.6 Å². The Morgan fingerprint density at radius 1 is 1.30 bits per heavy atom. The Hall–Kier alpha value is -0.640. The first-order valence-electron chi connectivity index (χ1n) is 3.74. The van der Waals surface area contributed by atoms with Gasteiger partial charge >= 0.3 is 0 Å². The van der Waals surface area contributed by atoms with Crippen LogP contribution in [0, 0.1) is 4.91 Å². The Bertz CT molecular complexity index is 134. The summed E-state index contributed by atoms with van der Waals surface area (Å²) in [6.07, 6.45) is 2.26. The molecule has 0 aliphatic carbocycles. The predicted octanol–water partition coefficient (Wildman–Crippen LogP) is 0.104. The highest BCUT2D eigenvalue weighted by Crippen LogP contribution is 2.25. The van der Waals surface area contributed by atoms with Crippen LogP contribution >= 0.6 is 0 Å². The zero-order chi connectivity index (χ0) is 6.97. The van der Waals surface area contributed by atoms with E-state index in [0.717, 1.165) is 25.9 Å². The largest absolute Gasteiger partial charge is 0.313 e. The molecule has 56 valence electrons. The van der Waals surface area contributed by atoms with Crippen LogP contribution in [0.1, 0.15) is 12.8 Å². The summed E-state index contributed by atoms with van der Waals surface area (Å²) in [6.45, 7) is 1.87. The van der Waals surface area contributed by atoms with Gasteiger partial charge in [-0.2, -0.15) is 0 Å². The van der Waals surface area contributed by atoms with Gasteiger partial charge in [0.2, 0.25) is 0 Å². The van der Waals surface area contributed by atoms with Crippen LogP contribution in [0.15, 0.2) is 5.29 Å². The number of hydrogen-bond donors (Lipinski definition) is 1. The standard InChI is InChI=1S/C6H11N3O/c10-8-9-5-1-2-6(9)4-7-3-5/h5-7H,1-4H2. The van der Waals surface area contributed by atoms with Crippen molar-refractivity contribution in [2.75, 3.05) is 13.1 Å². The van der Waals surface area contributed by atoms with Crippen molar-refractivity contribution in [1.82, 2.24) is 10.3 Å². The molecule has 2 aliphatic rings. The number of hydrogen-bond acceptors (Lipinski definition) is 3. The van der Waals surface area contributed by atoms with E-state index in [9.17, 15) is 4.91 Å². The normalized spacial score (nSPS) is 38.2. The minimum Gasteiger partial charge on any atom is -0.313 e. The maximum Gasteiger partial charge on any atom is 0.0631 e. The van der Waals surface area contributed by atoms with Gasteiger partial charge in [-0.25, -0.2) is 0 Å². The van der Waals surface area contributed by atoms with Crippen LogP contribution in [0.2, 0.25) is 0 Å². The highest BCUT2D eigenvalue weighted by molar-refractivity contribution is 4.92. The third-order valence-corrected chi connectivity index (χ3v) is 2.44. The van der Waals surface area contributed by atoms with E-state index >= 15 is 0 Å². The van der Waals surface area contributed by atoms with Crippen molar-refractivity contribution in [3.63, 3.8) is 0 Å². The van der Waals surface area contributed by atoms with Gasteiger partial charge in [0.1, 0.15) is 0 Å². The highest BCUT2D eigenvalue weighted by Gasteiger charge is 2.36. The fourth-order valence-corrected chi connectivity index (χ4v) is 1.89. The lowest BCUT2D eigenvalue weighted by molar-refractivity contribution is 0.157. The summed E-state index contributed by atoms with van der Waals surface area (Å²) in [6, 6.07) is 0.771. The maximum atomic E-state index is 10.3. The van der Waals surface area contributed by atoms with Crippen LogP contribution in [0.3, 0.4) is 0 Å². The van der Waals surface area contributed by atoms with E-state index in [1.165, 1.54) is 0 Å². The molecule has 2 saturated heterocycles. The number of piperazine rings is 1. The van der Waals surface area contributed by atoms with Gasteiger partial charge in [-0.15, -0.1) is 4.91 Å². The predicted molar refractivity (Wildman–Crippen MR) is 37.3 cm³/mol. The molecule has 2 fully saturated rings. The number of nitrogens with zero attached hydrogens (tertiary/aromatic N) is 2. The van der Waals surface area contributed by atoms with Gasteiger partial charge in [0, 0.05) is 13.1 Å². The maximum absolute atomic E-state index is 10.3. The van der Waals surface area contributed by atoms with Crippen molar-refractivity contribution in [1.29, 1.82) is 0 Å². The van der Waals surface area contributed by atoms with E-state index in [0.29, 0.717) is 12.1 Å². The summed E-state index contributed by atoms with van der Waals surface area (Å²) in [5.74, 6) is 0. The van der Waals surface area contributed by atoms with Gasteiger partial charge in [0.15, 0.2) is 0 Å². The first-order valence-corrected chi connectivity index (χ1v) is 3.74. The molecule has 2 unspecified atom stereocenters. The third kappa shape index (κ3) is 0.718. The first kappa shape index (κ1) is 6.09. The SMILES string of the molecule is O=NN1C2CCC1CNC2. The monoisotopic (exact) mass is 141 g/mol. The van der Waals surface area contributed by atoms with E-state index in [4.69, 9.17) is 0 Å². The first-order chi connectivity index (χ1) is 4.92. The van der Waals surface area contributed by atoms with Crippen LogP contribution in [-0.4, -0.2) is 30.2 Å². The Kier molecular flexibility index (Phi) is 1.34. The average Bonchev–Trinajstić information content (AvgIpc) is 2.19. The van der Waals surface area contributed by atoms with Gasteiger partial charge in [0.05, 0.1) is 17.4 Å². The summed E-state index contributed by atoms with van der Waals surface area (Å²) in [7, 11) is 0. The number of fused-ring (bicyclic) bond motifs is 2. The van der Waals surface area contributed by atoms with Crippen molar-refractivity contribution in [2.24, 2.45) is 5.29 Å². The van der Waals surface area contributed by atoms with Crippen molar-refractivity contribution >= 4 is 0 Å². The molecular formula is C6H11N3O. The van der Waals surface area contributed by atoms with Gasteiger partial charge in [-0.3, -0.25) is 5.01 Å². The smallest absolute Gasteiger partial charge is 0.0631 e. The molecule has 2 bridgehead atoms. The molecule has 0 amide bonds. The second-order valence-electron chi connectivity index (χ2n) is 3.00. The quantitative estimate of drug-likeness (QED) is 0.527. The van der Waals surface area contributed by atoms with Gasteiger partial charge < -0.3 is 5.32 Å². The molecule has 2 atom stereocenters. The molecule has 2 rings (SSSR count). The number of rotatable bonds is 1. The minimum atomic E-state index is 0.385. The van der Waals surface area contributed by atoms with Crippen molar-refractivity contribution in [2.45, 2.75) is 24.9 Å². The van der Waals surface area contributed by atoms with Crippen molar-refractivity contribution < 1.29 is 0 Å². The van der Waals surface area contributed by atoms with Crippen LogP contribution in [0.25, 0.3) is 0 Å². The fourth-order valence-electron chi connectivity index (χ4n) is 1.89. The van der Waals surface area contributed by atoms with E-state index in [1.807, 2.05) is 0 Å². The Labute approximate surface area is 59.5 Å². The zero-order valence-electron chi connectivity index (χ0n) is 5.79. The summed E-state index contributed by atoms with van der Waals surface area (Å²) in [5.41, 5.74) is 0. The van der Waals surface area contributed by atoms with Gasteiger partial charge in [0.25, 0.3) is 0 Å². The zero-order valence-corrected chi connectivity index (χ0v) is 5.79. The third-order valence-electron chi connectivity index (χ3n) is 2.44. The molecule has 0 aromatic heterocycles. The minimum absolute atomic E-state index is 0.385. The molecule has 4 heteroatoms. The molecule has 10 heavy (non-hydrogen) atoms. The molecule has 2 heterocycles. The topological polar surface area (TPSA) is 44.7 Å². The van der Waals surface area contributed by atoms with Gasteiger partial charge in [-0.1, -0.05) is 0 Å². The van der Waals surface area contributed by atoms with E-state index in [-0.39, 0.29) is 0 Å². The van der Waals surface area contributed by atoms with Gasteiger partial charge in [-0.05, 0) is 12.8 Å². The highest BCUT2D eigenvalue weighted by atomic mass is 16.3. The molecular weight excluding hydrogens is 130 g/mol. The van der Waals surface area contributed by atoms with Crippen LogP contribution in [0.5, 0.6) is 0 Å².